The summed E-state index contributed by atoms with van der Waals surface area (Å²) in [6.07, 6.45) is -3.83. The molecular weight excluding hydrogens is 350 g/mol. The van der Waals surface area contributed by atoms with E-state index >= 15 is 0 Å². The summed E-state index contributed by atoms with van der Waals surface area (Å²) in [6.45, 7) is 3.68. The first-order chi connectivity index (χ1) is 12.3. The zero-order valence-corrected chi connectivity index (χ0v) is 14.4. The second-order valence-corrected chi connectivity index (χ2v) is 6.58. The minimum atomic E-state index is -4.49. The summed E-state index contributed by atoms with van der Waals surface area (Å²) in [6, 6.07) is 4.32. The number of aromatic nitrogens is 2. The summed E-state index contributed by atoms with van der Waals surface area (Å²) in [7, 11) is 0. The van der Waals surface area contributed by atoms with Crippen LogP contribution in [0.15, 0.2) is 24.3 Å². The molecular formula is C18H21F4N3O. The van der Waals surface area contributed by atoms with Gasteiger partial charge in [0.1, 0.15) is 5.82 Å². The van der Waals surface area contributed by atoms with Crippen LogP contribution in [0.1, 0.15) is 48.4 Å². The van der Waals surface area contributed by atoms with Crippen molar-refractivity contribution in [1.82, 2.24) is 14.7 Å². The van der Waals surface area contributed by atoms with Crippen molar-refractivity contribution in [1.29, 1.82) is 0 Å². The Balaban J connectivity index is 1.80. The van der Waals surface area contributed by atoms with E-state index in [1.54, 1.807) is 0 Å². The van der Waals surface area contributed by atoms with E-state index in [0.29, 0.717) is 31.7 Å². The fourth-order valence-corrected chi connectivity index (χ4v) is 3.17. The molecule has 1 aromatic carbocycles. The van der Waals surface area contributed by atoms with E-state index in [9.17, 15) is 22.7 Å². The molecule has 0 saturated carbocycles. The third-order valence-electron chi connectivity index (χ3n) is 4.61. The average Bonchev–Trinajstić information content (AvgIpc) is 2.88. The van der Waals surface area contributed by atoms with Crippen molar-refractivity contribution < 1.29 is 22.7 Å². The van der Waals surface area contributed by atoms with Crippen LogP contribution in [-0.2, 0) is 25.8 Å². The van der Waals surface area contributed by atoms with Crippen molar-refractivity contribution in [2.45, 2.75) is 51.7 Å². The second kappa shape index (κ2) is 7.36. The summed E-state index contributed by atoms with van der Waals surface area (Å²) < 4.78 is 54.5. The number of hydrogen-bond acceptors (Lipinski definition) is 3. The molecule has 0 aliphatic carbocycles. The lowest BCUT2D eigenvalue weighted by Crippen LogP contribution is -2.23. The third kappa shape index (κ3) is 4.07. The Labute approximate surface area is 149 Å². The van der Waals surface area contributed by atoms with Crippen molar-refractivity contribution in [2.75, 3.05) is 6.54 Å². The van der Waals surface area contributed by atoms with E-state index in [-0.39, 0.29) is 12.1 Å². The van der Waals surface area contributed by atoms with Crippen LogP contribution in [0.5, 0.6) is 0 Å². The first kappa shape index (κ1) is 18.8. The van der Waals surface area contributed by atoms with Crippen LogP contribution < -0.4 is 0 Å². The number of alkyl halides is 3. The number of aryl methyl sites for hydroxylation is 1. The van der Waals surface area contributed by atoms with Crippen LogP contribution in [0.3, 0.4) is 0 Å². The largest absolute Gasteiger partial charge is 0.416 e. The highest BCUT2D eigenvalue weighted by Crippen LogP contribution is 2.31. The first-order valence-electron chi connectivity index (χ1n) is 8.60. The molecule has 0 spiro atoms. The first-order valence-corrected chi connectivity index (χ1v) is 8.60. The SMILES string of the molecule is CC[C@H](O)c1cc2n(n1)CCCN(Cc1cc(C(F)(F)F)ccc1F)C2. The Morgan fingerprint density at radius 1 is 1.23 bits per heavy atom. The van der Waals surface area contributed by atoms with Gasteiger partial charge in [-0.15, -0.1) is 0 Å². The van der Waals surface area contributed by atoms with Crippen LogP contribution in [0.2, 0.25) is 0 Å². The van der Waals surface area contributed by atoms with Gasteiger partial charge in [0.15, 0.2) is 0 Å². The van der Waals surface area contributed by atoms with E-state index in [1.165, 1.54) is 0 Å². The monoisotopic (exact) mass is 371 g/mol. The predicted molar refractivity (Wildman–Crippen MR) is 87.6 cm³/mol. The Bertz CT molecular complexity index is 772. The highest BCUT2D eigenvalue weighted by molar-refractivity contribution is 5.27. The quantitative estimate of drug-likeness (QED) is 0.829. The number of hydrogen-bond donors (Lipinski definition) is 1. The van der Waals surface area contributed by atoms with Gasteiger partial charge in [0, 0.05) is 31.7 Å². The molecule has 0 bridgehead atoms. The van der Waals surface area contributed by atoms with E-state index < -0.39 is 23.7 Å². The fraction of sp³-hybridized carbons (Fsp3) is 0.500. The maximum atomic E-state index is 14.0. The van der Waals surface area contributed by atoms with Crippen LogP contribution >= 0.6 is 0 Å². The second-order valence-electron chi connectivity index (χ2n) is 6.58. The molecule has 0 amide bonds. The lowest BCUT2D eigenvalue weighted by Gasteiger charge is -2.20. The summed E-state index contributed by atoms with van der Waals surface area (Å²) >= 11 is 0. The maximum Gasteiger partial charge on any atom is 0.416 e. The molecule has 1 aromatic heterocycles. The Hall–Kier alpha value is -1.93. The van der Waals surface area contributed by atoms with Gasteiger partial charge in [0.25, 0.3) is 0 Å². The van der Waals surface area contributed by atoms with Crippen molar-refractivity contribution >= 4 is 0 Å². The third-order valence-corrected chi connectivity index (χ3v) is 4.61. The minimum absolute atomic E-state index is 0.0293. The van der Waals surface area contributed by atoms with Gasteiger partial charge in [-0.25, -0.2) is 4.39 Å². The molecule has 4 nitrogen and oxygen atoms in total. The fourth-order valence-electron chi connectivity index (χ4n) is 3.17. The number of halogens is 4. The lowest BCUT2D eigenvalue weighted by atomic mass is 10.1. The van der Waals surface area contributed by atoms with Gasteiger partial charge in [0.05, 0.1) is 23.1 Å². The van der Waals surface area contributed by atoms with Crippen LogP contribution in [0, 0.1) is 5.82 Å². The molecule has 1 aliphatic heterocycles. The summed E-state index contributed by atoms with van der Waals surface area (Å²) in [4.78, 5) is 1.90. The van der Waals surface area contributed by atoms with Crippen LogP contribution in [-0.4, -0.2) is 26.3 Å². The molecule has 0 unspecified atom stereocenters. The van der Waals surface area contributed by atoms with Gasteiger partial charge in [-0.1, -0.05) is 6.92 Å². The molecule has 1 atom stereocenters. The lowest BCUT2D eigenvalue weighted by molar-refractivity contribution is -0.137. The topological polar surface area (TPSA) is 41.3 Å². The van der Waals surface area contributed by atoms with E-state index in [4.69, 9.17) is 0 Å². The van der Waals surface area contributed by atoms with Gasteiger partial charge in [0.2, 0.25) is 0 Å². The number of aliphatic hydroxyl groups excluding tert-OH is 1. The highest BCUT2D eigenvalue weighted by Gasteiger charge is 2.31. The molecule has 3 rings (SSSR count). The van der Waals surface area contributed by atoms with Gasteiger partial charge < -0.3 is 5.11 Å². The van der Waals surface area contributed by atoms with Crippen molar-refractivity contribution in [2.24, 2.45) is 0 Å². The zero-order valence-electron chi connectivity index (χ0n) is 14.4. The molecule has 0 radical (unpaired) electrons. The van der Waals surface area contributed by atoms with Gasteiger partial charge in [-0.3, -0.25) is 9.58 Å². The average molecular weight is 371 g/mol. The summed E-state index contributed by atoms with van der Waals surface area (Å²) in [5.41, 5.74) is 0.649. The zero-order chi connectivity index (χ0) is 18.9. The molecule has 0 saturated heterocycles. The minimum Gasteiger partial charge on any atom is -0.387 e. The van der Waals surface area contributed by atoms with Gasteiger partial charge >= 0.3 is 6.18 Å². The van der Waals surface area contributed by atoms with Gasteiger partial charge in [-0.05, 0) is 37.1 Å². The molecule has 26 heavy (non-hydrogen) atoms. The van der Waals surface area contributed by atoms with E-state index in [1.807, 2.05) is 22.6 Å². The molecule has 8 heteroatoms. The number of rotatable bonds is 4. The normalized spacial score (nSPS) is 17.0. The number of fused-ring (bicyclic) bond motifs is 1. The molecule has 2 aromatic rings. The maximum absolute atomic E-state index is 14.0. The van der Waals surface area contributed by atoms with Crippen LogP contribution in [0.4, 0.5) is 17.6 Å². The Morgan fingerprint density at radius 3 is 2.69 bits per heavy atom. The smallest absolute Gasteiger partial charge is 0.387 e. The Kier molecular flexibility index (Phi) is 5.34. The van der Waals surface area contributed by atoms with Gasteiger partial charge in [-0.2, -0.15) is 18.3 Å². The molecule has 1 N–H and O–H groups in total. The standard InChI is InChI=1S/C18H21F4N3O/c1-2-17(26)16-9-14-11-24(6-3-7-25(14)23-16)10-12-8-13(18(20,21)22)4-5-15(12)19/h4-5,8-9,17,26H,2-3,6-7,10-11H2,1H3/t17-/m0/s1. The predicted octanol–water partition coefficient (Wildman–Crippen LogP) is 3.89. The number of aliphatic hydroxyl groups is 1. The molecule has 2 heterocycles. The summed E-state index contributed by atoms with van der Waals surface area (Å²) in [5, 5.41) is 14.4. The molecule has 142 valence electrons. The molecule has 0 fully saturated rings. The van der Waals surface area contributed by atoms with Crippen molar-refractivity contribution in [3.8, 4) is 0 Å². The number of nitrogens with zero attached hydrogens (tertiary/aromatic N) is 3. The van der Waals surface area contributed by atoms with Crippen LogP contribution in [0.25, 0.3) is 0 Å². The van der Waals surface area contributed by atoms with E-state index in [0.717, 1.165) is 30.3 Å². The highest BCUT2D eigenvalue weighted by atomic mass is 19.4. The Morgan fingerprint density at radius 2 is 2.00 bits per heavy atom. The van der Waals surface area contributed by atoms with E-state index in [2.05, 4.69) is 5.10 Å². The van der Waals surface area contributed by atoms with Crippen molar-refractivity contribution in [3.05, 3.63) is 52.6 Å². The number of benzene rings is 1. The molecule has 1 aliphatic rings. The van der Waals surface area contributed by atoms with Crippen molar-refractivity contribution in [3.63, 3.8) is 0 Å². The summed E-state index contributed by atoms with van der Waals surface area (Å²) in [5.74, 6) is -0.641.